The zero-order valence-corrected chi connectivity index (χ0v) is 17.5. The number of nitrogens with one attached hydrogen (secondary N) is 1. The Hall–Kier alpha value is -2.80. The van der Waals surface area contributed by atoms with E-state index in [0.29, 0.717) is 18.5 Å². The van der Waals surface area contributed by atoms with Gasteiger partial charge < -0.3 is 15.1 Å². The van der Waals surface area contributed by atoms with Crippen LogP contribution in [0.3, 0.4) is 0 Å². The second kappa shape index (κ2) is 9.60. The highest BCUT2D eigenvalue weighted by Gasteiger charge is 2.21. The number of hydrogen-bond donors (Lipinski definition) is 1. The van der Waals surface area contributed by atoms with Crippen LogP contribution in [-0.4, -0.2) is 53.9 Å². The van der Waals surface area contributed by atoms with Gasteiger partial charge >= 0.3 is 0 Å². The molecule has 0 aliphatic carbocycles. The van der Waals surface area contributed by atoms with Crippen molar-refractivity contribution >= 4 is 35.2 Å². The number of para-hydroxylation sites is 1. The molecule has 3 amide bonds. The van der Waals surface area contributed by atoms with Crippen molar-refractivity contribution in [2.24, 2.45) is 0 Å². The molecule has 0 unspecified atom stereocenters. The van der Waals surface area contributed by atoms with Crippen LogP contribution in [0.15, 0.2) is 53.4 Å². The lowest BCUT2D eigenvalue weighted by Crippen LogP contribution is -2.35. The molecular weight excluding hydrogens is 386 g/mol. The molecular formula is C22H25N3O3S. The van der Waals surface area contributed by atoms with E-state index < -0.39 is 0 Å². The molecule has 2 aromatic carbocycles. The number of hydrogen-bond acceptors (Lipinski definition) is 4. The maximum absolute atomic E-state index is 12.8. The normalized spacial score (nSPS) is 13.4. The Kier molecular flexibility index (Phi) is 6.93. The van der Waals surface area contributed by atoms with Gasteiger partial charge in [0.2, 0.25) is 11.8 Å². The van der Waals surface area contributed by atoms with Crippen molar-refractivity contribution in [2.75, 3.05) is 31.7 Å². The number of likely N-dealkylation sites (tertiary alicyclic amines) is 1. The van der Waals surface area contributed by atoms with Gasteiger partial charge in [0.1, 0.15) is 0 Å². The summed E-state index contributed by atoms with van der Waals surface area (Å²) in [6.45, 7) is 1.22. The molecule has 0 saturated carbocycles. The van der Waals surface area contributed by atoms with Gasteiger partial charge in [0.05, 0.1) is 12.2 Å². The zero-order valence-electron chi connectivity index (χ0n) is 16.7. The minimum absolute atomic E-state index is 0.0453. The fourth-order valence-corrected chi connectivity index (χ4v) is 3.89. The van der Waals surface area contributed by atoms with E-state index in [1.807, 2.05) is 47.6 Å². The van der Waals surface area contributed by atoms with Crippen LogP contribution in [-0.2, 0) is 16.1 Å². The van der Waals surface area contributed by atoms with Gasteiger partial charge in [-0.1, -0.05) is 24.3 Å². The molecule has 0 spiro atoms. The quantitative estimate of drug-likeness (QED) is 0.710. The summed E-state index contributed by atoms with van der Waals surface area (Å²) in [6, 6.07) is 14.8. The third-order valence-corrected chi connectivity index (χ3v) is 5.62. The van der Waals surface area contributed by atoms with Gasteiger partial charge in [0.15, 0.2) is 0 Å². The Labute approximate surface area is 175 Å². The monoisotopic (exact) mass is 411 g/mol. The number of rotatable bonds is 7. The second-order valence-electron chi connectivity index (χ2n) is 7.03. The lowest BCUT2D eigenvalue weighted by Gasteiger charge is -2.19. The van der Waals surface area contributed by atoms with E-state index in [2.05, 4.69) is 5.32 Å². The van der Waals surface area contributed by atoms with Crippen LogP contribution < -0.4 is 5.32 Å². The van der Waals surface area contributed by atoms with Crippen molar-refractivity contribution in [1.29, 1.82) is 0 Å². The van der Waals surface area contributed by atoms with E-state index in [0.717, 1.165) is 29.1 Å². The number of anilines is 1. The fraction of sp³-hybridized carbons (Fsp3) is 0.318. The molecule has 29 heavy (non-hydrogen) atoms. The minimum Gasteiger partial charge on any atom is -0.338 e. The number of thioether (sulfide) groups is 1. The van der Waals surface area contributed by atoms with Crippen molar-refractivity contribution in [3.05, 3.63) is 59.7 Å². The highest BCUT2D eigenvalue weighted by atomic mass is 32.2. The molecule has 0 radical (unpaired) electrons. The van der Waals surface area contributed by atoms with Crippen LogP contribution in [0.5, 0.6) is 0 Å². The van der Waals surface area contributed by atoms with Crippen molar-refractivity contribution in [3.8, 4) is 0 Å². The molecule has 152 valence electrons. The molecule has 2 aromatic rings. The first-order valence-corrected chi connectivity index (χ1v) is 10.8. The van der Waals surface area contributed by atoms with Gasteiger partial charge in [-0.05, 0) is 42.5 Å². The van der Waals surface area contributed by atoms with Gasteiger partial charge in [-0.25, -0.2) is 0 Å². The van der Waals surface area contributed by atoms with Crippen LogP contribution in [0.4, 0.5) is 5.69 Å². The van der Waals surface area contributed by atoms with Crippen molar-refractivity contribution in [3.63, 3.8) is 0 Å². The number of amides is 3. The molecule has 3 rings (SSSR count). The molecule has 0 atom stereocenters. The first-order chi connectivity index (χ1) is 14.0. The summed E-state index contributed by atoms with van der Waals surface area (Å²) in [6.07, 6.45) is 3.43. The number of carbonyl (C=O) groups is 3. The molecule has 1 N–H and O–H groups in total. The summed E-state index contributed by atoms with van der Waals surface area (Å²) in [5.41, 5.74) is 2.16. The Morgan fingerprint density at radius 2 is 1.97 bits per heavy atom. The topological polar surface area (TPSA) is 69.7 Å². The van der Waals surface area contributed by atoms with E-state index in [9.17, 15) is 14.4 Å². The predicted octanol–water partition coefficient (Wildman–Crippen LogP) is 3.24. The molecule has 1 fully saturated rings. The van der Waals surface area contributed by atoms with Crippen molar-refractivity contribution in [2.45, 2.75) is 24.3 Å². The Morgan fingerprint density at radius 3 is 2.69 bits per heavy atom. The number of benzene rings is 2. The van der Waals surface area contributed by atoms with Gasteiger partial charge in [-0.3, -0.25) is 14.4 Å². The molecule has 6 nitrogen and oxygen atoms in total. The van der Waals surface area contributed by atoms with Crippen molar-refractivity contribution in [1.82, 2.24) is 9.80 Å². The van der Waals surface area contributed by atoms with Crippen LogP contribution in [0.2, 0.25) is 0 Å². The molecule has 1 aliphatic rings. The summed E-state index contributed by atoms with van der Waals surface area (Å²) in [7, 11) is 1.61. The minimum atomic E-state index is -0.249. The largest absolute Gasteiger partial charge is 0.338 e. The molecule has 1 aliphatic heterocycles. The maximum atomic E-state index is 12.8. The highest BCUT2D eigenvalue weighted by Crippen LogP contribution is 2.24. The lowest BCUT2D eigenvalue weighted by molar-refractivity contribution is -0.128. The average Bonchev–Trinajstić information content (AvgIpc) is 3.12. The number of nitrogens with zero attached hydrogens (tertiary/aromatic N) is 2. The zero-order chi connectivity index (χ0) is 20.8. The average molecular weight is 412 g/mol. The lowest BCUT2D eigenvalue weighted by atomic mass is 10.1. The molecule has 0 aromatic heterocycles. The summed E-state index contributed by atoms with van der Waals surface area (Å²) in [4.78, 5) is 41.2. The van der Waals surface area contributed by atoms with E-state index in [-0.39, 0.29) is 24.3 Å². The number of likely N-dealkylation sites (N-methyl/N-ethyl adjacent to an activating group) is 1. The summed E-state index contributed by atoms with van der Waals surface area (Å²) in [5.74, 6) is -0.324. The molecule has 1 heterocycles. The fourth-order valence-electron chi connectivity index (χ4n) is 3.34. The summed E-state index contributed by atoms with van der Waals surface area (Å²) >= 11 is 1.55. The Balaban J connectivity index is 1.61. The predicted molar refractivity (Wildman–Crippen MR) is 115 cm³/mol. The van der Waals surface area contributed by atoms with E-state index in [4.69, 9.17) is 0 Å². The van der Waals surface area contributed by atoms with Gasteiger partial charge in [0.25, 0.3) is 5.91 Å². The maximum Gasteiger partial charge on any atom is 0.254 e. The highest BCUT2D eigenvalue weighted by molar-refractivity contribution is 7.98. The SMILES string of the molecule is CSc1ccccc1NC(=O)CN(C)C(=O)c1cccc(CN2CCCC2=O)c1. The molecule has 0 bridgehead atoms. The van der Waals surface area contributed by atoms with E-state index in [1.165, 1.54) is 4.90 Å². The van der Waals surface area contributed by atoms with Crippen LogP contribution in [0.25, 0.3) is 0 Å². The van der Waals surface area contributed by atoms with Gasteiger partial charge in [-0.2, -0.15) is 0 Å². The molecule has 7 heteroatoms. The van der Waals surface area contributed by atoms with Gasteiger partial charge in [0, 0.05) is 37.0 Å². The third-order valence-electron chi connectivity index (χ3n) is 4.83. The smallest absolute Gasteiger partial charge is 0.254 e. The Morgan fingerprint density at radius 1 is 1.17 bits per heavy atom. The standard InChI is InChI=1S/C22H25N3O3S/c1-24(15-20(26)23-18-9-3-4-10-19(18)29-2)22(28)17-8-5-7-16(13-17)14-25-12-6-11-21(25)27/h3-5,7-10,13H,6,11-12,14-15H2,1-2H3,(H,23,26). The first-order valence-electron chi connectivity index (χ1n) is 9.53. The summed E-state index contributed by atoms with van der Waals surface area (Å²) < 4.78 is 0. The third kappa shape index (κ3) is 5.38. The van der Waals surface area contributed by atoms with Crippen LogP contribution in [0, 0.1) is 0 Å². The van der Waals surface area contributed by atoms with Crippen molar-refractivity contribution < 1.29 is 14.4 Å². The summed E-state index contributed by atoms with van der Waals surface area (Å²) in [5, 5.41) is 2.87. The van der Waals surface area contributed by atoms with E-state index in [1.54, 1.807) is 30.9 Å². The second-order valence-corrected chi connectivity index (χ2v) is 7.88. The van der Waals surface area contributed by atoms with Crippen LogP contribution in [0.1, 0.15) is 28.8 Å². The first kappa shape index (κ1) is 20.9. The van der Waals surface area contributed by atoms with E-state index >= 15 is 0 Å². The van der Waals surface area contributed by atoms with Gasteiger partial charge in [-0.15, -0.1) is 11.8 Å². The Bertz CT molecular complexity index is 916. The molecule has 1 saturated heterocycles. The number of carbonyl (C=O) groups excluding carboxylic acids is 3. The van der Waals surface area contributed by atoms with Crippen LogP contribution >= 0.6 is 11.8 Å².